The summed E-state index contributed by atoms with van der Waals surface area (Å²) in [4.78, 5) is 2.44. The highest BCUT2D eigenvalue weighted by Gasteiger charge is 2.29. The van der Waals surface area contributed by atoms with Crippen molar-refractivity contribution in [1.82, 2.24) is 0 Å². The predicted octanol–water partition coefficient (Wildman–Crippen LogP) is 20.1. The molecule has 2 aromatic heterocycles. The quantitative estimate of drug-likeness (QED) is 0.158. The molecule has 0 N–H and O–H groups in total. The Hall–Kier alpha value is -6.43. The van der Waals surface area contributed by atoms with E-state index in [4.69, 9.17) is 16.0 Å². The zero-order valence-corrected chi connectivity index (χ0v) is 41.6. The zero-order valence-electron chi connectivity index (χ0n) is 38.4. The van der Waals surface area contributed by atoms with Crippen LogP contribution in [0.2, 0.25) is 5.02 Å². The molecule has 9 aromatic carbocycles. The number of rotatable bonds is 7. The Morgan fingerprint density at radius 1 is 0.448 bits per heavy atom. The lowest BCUT2D eigenvalue weighted by molar-refractivity contribution is 0.590. The lowest BCUT2D eigenvalue weighted by atomic mass is 9.81. The highest BCUT2D eigenvalue weighted by molar-refractivity contribution is 9.10. The summed E-state index contributed by atoms with van der Waals surface area (Å²) in [6, 6.07) is 68.4. The summed E-state index contributed by atoms with van der Waals surface area (Å²) >= 11 is 12.9. The van der Waals surface area contributed by atoms with Gasteiger partial charge in [-0.3, -0.25) is 0 Å². The maximum Gasteiger partial charge on any atom is 0.136 e. The standard InChI is InChI=1S/C62H49BrClNOS/c1-61(2,3)42-30-40(38-17-8-7-9-18-38)29-41(31-42)39-19-14-20-46(32-39)65(47-36-44(63)35-45(64)37-47)60-52(48-23-15-26-55-58(48)50-21-10-12-25-54(50)66-55)33-43(62(4,5)6)34-53(60)49-24-16-28-57-59(49)51-22-11-13-27-56(51)67-57/h7-37H,1-6H3. The number of furan rings is 1. The second-order valence-corrected chi connectivity index (χ2v) is 22.1. The third-order valence-corrected chi connectivity index (χ3v) is 14.8. The van der Waals surface area contributed by atoms with Crippen LogP contribution < -0.4 is 4.90 Å². The van der Waals surface area contributed by atoms with Crippen molar-refractivity contribution >= 4 is 98.0 Å². The van der Waals surface area contributed by atoms with Gasteiger partial charge in [-0.1, -0.05) is 184 Å². The molecule has 0 bridgehead atoms. The van der Waals surface area contributed by atoms with Crippen molar-refractivity contribution in [2.75, 3.05) is 4.90 Å². The van der Waals surface area contributed by atoms with Gasteiger partial charge in [0.25, 0.3) is 0 Å². The summed E-state index contributed by atoms with van der Waals surface area (Å²) < 4.78 is 10.0. The first-order valence-corrected chi connectivity index (χ1v) is 24.8. The molecular formula is C62H49BrClNOS. The van der Waals surface area contributed by atoms with Gasteiger partial charge in [0.1, 0.15) is 11.2 Å². The topological polar surface area (TPSA) is 16.4 Å². The Labute approximate surface area is 410 Å². The molecule has 0 spiro atoms. The van der Waals surface area contributed by atoms with Crippen LogP contribution in [0.5, 0.6) is 0 Å². The number of halogens is 2. The Bertz CT molecular complexity index is 3540. The van der Waals surface area contributed by atoms with Gasteiger partial charge >= 0.3 is 0 Å². The Morgan fingerprint density at radius 3 is 1.76 bits per heavy atom. The first-order chi connectivity index (χ1) is 32.3. The second-order valence-electron chi connectivity index (χ2n) is 19.7. The van der Waals surface area contributed by atoms with Gasteiger partial charge in [-0.15, -0.1) is 11.3 Å². The van der Waals surface area contributed by atoms with Crippen LogP contribution in [0, 0.1) is 0 Å². The fraction of sp³-hybridized carbons (Fsp3) is 0.129. The van der Waals surface area contributed by atoms with Crippen molar-refractivity contribution in [3.8, 4) is 44.5 Å². The summed E-state index contributed by atoms with van der Waals surface area (Å²) in [6.07, 6.45) is 0. The number of hydrogen-bond donors (Lipinski definition) is 0. The lowest BCUT2D eigenvalue weighted by Crippen LogP contribution is -2.16. The molecule has 11 rings (SSSR count). The maximum absolute atomic E-state index is 7.12. The highest BCUT2D eigenvalue weighted by Crippen LogP contribution is 2.53. The Balaban J connectivity index is 1.28. The summed E-state index contributed by atoms with van der Waals surface area (Å²) in [5.74, 6) is 0. The molecule has 0 unspecified atom stereocenters. The number of benzene rings is 9. The molecule has 2 heterocycles. The van der Waals surface area contributed by atoms with E-state index in [1.54, 1.807) is 0 Å². The van der Waals surface area contributed by atoms with E-state index in [2.05, 4.69) is 238 Å². The van der Waals surface area contributed by atoms with Crippen LogP contribution in [0.15, 0.2) is 197 Å². The van der Waals surface area contributed by atoms with E-state index in [-0.39, 0.29) is 10.8 Å². The fourth-order valence-electron chi connectivity index (χ4n) is 9.64. The number of nitrogens with zero attached hydrogens (tertiary/aromatic N) is 1. The van der Waals surface area contributed by atoms with Gasteiger partial charge < -0.3 is 9.32 Å². The molecule has 67 heavy (non-hydrogen) atoms. The van der Waals surface area contributed by atoms with Crippen LogP contribution in [0.4, 0.5) is 17.1 Å². The molecule has 2 nitrogen and oxygen atoms in total. The minimum Gasteiger partial charge on any atom is -0.456 e. The molecule has 0 saturated heterocycles. The van der Waals surface area contributed by atoms with Crippen molar-refractivity contribution in [2.45, 2.75) is 52.4 Å². The van der Waals surface area contributed by atoms with E-state index in [0.717, 1.165) is 71.3 Å². The van der Waals surface area contributed by atoms with E-state index in [1.807, 2.05) is 23.5 Å². The van der Waals surface area contributed by atoms with Gasteiger partial charge in [-0.05, 0) is 128 Å². The van der Waals surface area contributed by atoms with E-state index < -0.39 is 0 Å². The Kier molecular flexibility index (Phi) is 10.8. The normalized spacial score (nSPS) is 12.2. The van der Waals surface area contributed by atoms with Crippen LogP contribution in [0.1, 0.15) is 52.7 Å². The average molecular weight is 972 g/mol. The van der Waals surface area contributed by atoms with E-state index >= 15 is 0 Å². The van der Waals surface area contributed by atoms with E-state index in [9.17, 15) is 0 Å². The van der Waals surface area contributed by atoms with Gasteiger partial charge in [0, 0.05) is 62.9 Å². The summed E-state index contributed by atoms with van der Waals surface area (Å²) in [5, 5.41) is 5.31. The second kappa shape index (κ2) is 16.7. The van der Waals surface area contributed by atoms with E-state index in [1.165, 1.54) is 48.0 Å². The zero-order chi connectivity index (χ0) is 46.2. The van der Waals surface area contributed by atoms with Gasteiger partial charge in [-0.25, -0.2) is 0 Å². The van der Waals surface area contributed by atoms with Gasteiger partial charge in [0.2, 0.25) is 0 Å². The molecule has 328 valence electrons. The van der Waals surface area contributed by atoms with Crippen LogP contribution >= 0.6 is 38.9 Å². The number of hydrogen-bond acceptors (Lipinski definition) is 3. The largest absolute Gasteiger partial charge is 0.456 e. The van der Waals surface area contributed by atoms with Crippen LogP contribution in [0.25, 0.3) is 86.6 Å². The third kappa shape index (κ3) is 7.95. The van der Waals surface area contributed by atoms with Crippen LogP contribution in [0.3, 0.4) is 0 Å². The molecule has 0 saturated carbocycles. The minimum atomic E-state index is -0.197. The molecule has 0 atom stereocenters. The predicted molar refractivity (Wildman–Crippen MR) is 293 cm³/mol. The average Bonchev–Trinajstić information content (AvgIpc) is 3.90. The van der Waals surface area contributed by atoms with E-state index in [0.29, 0.717) is 5.02 Å². The molecule has 0 amide bonds. The molecule has 0 aliphatic heterocycles. The Morgan fingerprint density at radius 2 is 1.03 bits per heavy atom. The maximum atomic E-state index is 7.12. The van der Waals surface area contributed by atoms with Crippen LogP contribution in [-0.2, 0) is 10.8 Å². The summed E-state index contributed by atoms with van der Waals surface area (Å²) in [6.45, 7) is 13.8. The molecule has 0 fully saturated rings. The first kappa shape index (κ1) is 43.2. The summed E-state index contributed by atoms with van der Waals surface area (Å²) in [5.41, 5.74) is 16.1. The molecule has 0 radical (unpaired) electrons. The SMILES string of the molecule is CC(C)(C)c1cc(-c2ccccc2)cc(-c2cccc(N(c3cc(Cl)cc(Br)c3)c3c(-c4cccc5oc6ccccc6c45)cc(C(C)(C)C)cc3-c3cccc4sc5ccccc5c34)c2)c1. The van der Waals surface area contributed by atoms with Crippen molar-refractivity contribution in [3.05, 3.63) is 209 Å². The number of para-hydroxylation sites is 1. The molecular weight excluding hydrogens is 922 g/mol. The fourth-order valence-corrected chi connectivity index (χ4v) is 11.6. The van der Waals surface area contributed by atoms with Crippen molar-refractivity contribution in [2.24, 2.45) is 0 Å². The molecule has 5 heteroatoms. The van der Waals surface area contributed by atoms with Crippen molar-refractivity contribution < 1.29 is 4.42 Å². The molecule has 0 aliphatic carbocycles. The lowest BCUT2D eigenvalue weighted by Gasteiger charge is -2.33. The van der Waals surface area contributed by atoms with Crippen molar-refractivity contribution in [1.29, 1.82) is 0 Å². The van der Waals surface area contributed by atoms with Crippen LogP contribution in [-0.4, -0.2) is 0 Å². The molecule has 11 aromatic rings. The number of anilines is 3. The molecule has 0 aliphatic rings. The number of thiophene rings is 1. The van der Waals surface area contributed by atoms with Gasteiger partial charge in [0.05, 0.1) is 5.69 Å². The number of fused-ring (bicyclic) bond motifs is 6. The summed E-state index contributed by atoms with van der Waals surface area (Å²) in [7, 11) is 0. The minimum absolute atomic E-state index is 0.0695. The highest BCUT2D eigenvalue weighted by atomic mass is 79.9. The first-order valence-electron chi connectivity index (χ1n) is 22.9. The van der Waals surface area contributed by atoms with Gasteiger partial charge in [0.15, 0.2) is 0 Å². The smallest absolute Gasteiger partial charge is 0.136 e. The van der Waals surface area contributed by atoms with Gasteiger partial charge in [-0.2, -0.15) is 0 Å². The third-order valence-electron chi connectivity index (χ3n) is 13.0. The van der Waals surface area contributed by atoms with Crippen molar-refractivity contribution in [3.63, 3.8) is 0 Å². The monoisotopic (exact) mass is 969 g/mol.